The van der Waals surface area contributed by atoms with E-state index in [4.69, 9.17) is 32.7 Å². The van der Waals surface area contributed by atoms with Gasteiger partial charge in [-0.25, -0.2) is 0 Å². The van der Waals surface area contributed by atoms with Gasteiger partial charge in [0.15, 0.2) is 5.60 Å². The fourth-order valence-electron chi connectivity index (χ4n) is 4.46. The second-order valence-electron chi connectivity index (χ2n) is 9.10. The summed E-state index contributed by atoms with van der Waals surface area (Å²) in [5, 5.41) is 18.3. The van der Waals surface area contributed by atoms with Crippen molar-refractivity contribution in [2.24, 2.45) is 5.16 Å². The molecule has 9 heteroatoms. The van der Waals surface area contributed by atoms with E-state index in [9.17, 15) is 9.82 Å². The largest absolute Gasteiger partial charge is 0.491 e. The maximum Gasteiger partial charge on any atom is 0.491 e. The number of oxime groups is 1. The Kier molecular flexibility index (Phi) is 6.36. The first kappa shape index (κ1) is 23.9. The highest BCUT2D eigenvalue weighted by Gasteiger charge is 2.37. The number of nitrogens with one attached hydrogen (secondary N) is 1. The fraction of sp³-hybridized carbons (Fsp3) is 0.231. The molecule has 1 unspecified atom stereocenters. The molecule has 2 N–H and O–H groups in total. The Balaban J connectivity index is 1.26. The lowest BCUT2D eigenvalue weighted by molar-refractivity contribution is -0.00737. The number of amides is 1. The van der Waals surface area contributed by atoms with Gasteiger partial charge in [-0.2, -0.15) is 0 Å². The number of aryl methyl sites for hydroxylation is 1. The van der Waals surface area contributed by atoms with Gasteiger partial charge < -0.3 is 19.8 Å². The SMILES string of the molecule is Cc1cc(C2=NOC(C)(c3cc(Cl)cc(Cl)c3)C2)ccc1C(=O)NCc1ccc2c(c1)B(O)OC2. The zero-order chi connectivity index (χ0) is 24.7. The highest BCUT2D eigenvalue weighted by molar-refractivity contribution is 6.61. The normalized spacial score (nSPS) is 18.8. The quantitative estimate of drug-likeness (QED) is 0.497. The van der Waals surface area contributed by atoms with E-state index in [-0.39, 0.29) is 5.91 Å². The van der Waals surface area contributed by atoms with Crippen LogP contribution in [0.4, 0.5) is 0 Å². The van der Waals surface area contributed by atoms with Gasteiger partial charge in [-0.1, -0.05) is 52.6 Å². The molecule has 1 atom stereocenters. The average molecular weight is 509 g/mol. The van der Waals surface area contributed by atoms with Crippen molar-refractivity contribution in [2.45, 2.75) is 39.0 Å². The molecule has 0 bridgehead atoms. The van der Waals surface area contributed by atoms with Gasteiger partial charge in [0.05, 0.1) is 12.3 Å². The molecule has 2 aliphatic rings. The number of carbonyl (C=O) groups is 1. The van der Waals surface area contributed by atoms with Crippen LogP contribution in [-0.2, 0) is 28.2 Å². The van der Waals surface area contributed by atoms with Crippen LogP contribution < -0.4 is 10.8 Å². The average Bonchev–Trinajstić information content (AvgIpc) is 3.40. The minimum Gasteiger partial charge on any atom is -0.423 e. The van der Waals surface area contributed by atoms with Gasteiger partial charge in [0.2, 0.25) is 0 Å². The van der Waals surface area contributed by atoms with Crippen molar-refractivity contribution < 1.29 is 19.3 Å². The summed E-state index contributed by atoms with van der Waals surface area (Å²) in [6.45, 7) is 4.59. The van der Waals surface area contributed by atoms with Gasteiger partial charge in [-0.3, -0.25) is 4.79 Å². The van der Waals surface area contributed by atoms with E-state index in [0.29, 0.717) is 35.2 Å². The number of carbonyl (C=O) groups excluding carboxylic acids is 1. The van der Waals surface area contributed by atoms with Gasteiger partial charge in [0, 0.05) is 34.1 Å². The second kappa shape index (κ2) is 9.32. The molecule has 6 nitrogen and oxygen atoms in total. The van der Waals surface area contributed by atoms with Crippen molar-refractivity contribution in [3.8, 4) is 0 Å². The first-order chi connectivity index (χ1) is 16.7. The van der Waals surface area contributed by atoms with Crippen LogP contribution in [0.1, 0.15) is 51.5 Å². The monoisotopic (exact) mass is 508 g/mol. The van der Waals surface area contributed by atoms with Crippen molar-refractivity contribution in [3.05, 3.63) is 98.0 Å². The van der Waals surface area contributed by atoms with E-state index in [1.807, 2.05) is 56.3 Å². The standard InChI is InChI=1S/C26H23BCl2N2O4/c1-15-7-17(24-12-26(2,35-31-24)19-9-20(28)11-21(29)10-19)5-6-22(15)25(32)30-13-16-3-4-18-14-34-27(33)23(18)8-16/h3-11,33H,12-14H2,1-2H3,(H,30,32). The van der Waals surface area contributed by atoms with Gasteiger partial charge in [0.25, 0.3) is 5.91 Å². The van der Waals surface area contributed by atoms with Crippen LogP contribution in [0.2, 0.25) is 10.0 Å². The molecule has 3 aromatic rings. The predicted octanol–water partition coefficient (Wildman–Crippen LogP) is 4.49. The number of fused-ring (bicyclic) bond motifs is 1. The molecular formula is C26H23BCl2N2O4. The lowest BCUT2D eigenvalue weighted by Crippen LogP contribution is -2.29. The summed E-state index contributed by atoms with van der Waals surface area (Å²) in [6, 6.07) is 16.7. The molecule has 0 spiro atoms. The molecule has 0 saturated heterocycles. The van der Waals surface area contributed by atoms with E-state index in [2.05, 4.69) is 10.5 Å². The van der Waals surface area contributed by atoms with Crippen molar-refractivity contribution in [2.75, 3.05) is 0 Å². The number of benzene rings is 3. The molecule has 0 radical (unpaired) electrons. The smallest absolute Gasteiger partial charge is 0.423 e. The summed E-state index contributed by atoms with van der Waals surface area (Å²) in [5.74, 6) is -0.172. The van der Waals surface area contributed by atoms with E-state index in [1.54, 1.807) is 12.1 Å². The maximum atomic E-state index is 12.9. The minimum atomic E-state index is -0.907. The summed E-state index contributed by atoms with van der Waals surface area (Å²) in [4.78, 5) is 18.7. The molecule has 3 aromatic carbocycles. The predicted molar refractivity (Wildman–Crippen MR) is 137 cm³/mol. The summed E-state index contributed by atoms with van der Waals surface area (Å²) in [7, 11) is -0.907. The summed E-state index contributed by atoms with van der Waals surface area (Å²) in [6.07, 6.45) is 0.544. The molecule has 178 valence electrons. The third-order valence-electron chi connectivity index (χ3n) is 6.47. The summed E-state index contributed by atoms with van der Waals surface area (Å²) in [5.41, 5.74) is 5.89. The van der Waals surface area contributed by atoms with Crippen LogP contribution in [0.15, 0.2) is 59.8 Å². The van der Waals surface area contributed by atoms with E-state index < -0.39 is 12.7 Å². The van der Waals surface area contributed by atoms with Crippen LogP contribution in [0.5, 0.6) is 0 Å². The molecule has 5 rings (SSSR count). The molecule has 1 amide bonds. The molecule has 0 saturated carbocycles. The van der Waals surface area contributed by atoms with Gasteiger partial charge in [-0.05, 0) is 71.9 Å². The van der Waals surface area contributed by atoms with Crippen LogP contribution in [0.3, 0.4) is 0 Å². The van der Waals surface area contributed by atoms with E-state index in [0.717, 1.165) is 39.0 Å². The van der Waals surface area contributed by atoms with Crippen molar-refractivity contribution in [1.82, 2.24) is 5.32 Å². The van der Waals surface area contributed by atoms with E-state index >= 15 is 0 Å². The Morgan fingerprint density at radius 1 is 1.14 bits per heavy atom. The summed E-state index contributed by atoms with van der Waals surface area (Å²) >= 11 is 12.4. The zero-order valence-electron chi connectivity index (χ0n) is 19.3. The first-order valence-electron chi connectivity index (χ1n) is 11.2. The number of hydrogen-bond donors (Lipinski definition) is 2. The Bertz CT molecular complexity index is 1340. The van der Waals surface area contributed by atoms with Crippen molar-refractivity contribution in [1.29, 1.82) is 0 Å². The van der Waals surface area contributed by atoms with Crippen molar-refractivity contribution in [3.63, 3.8) is 0 Å². The molecule has 0 aromatic heterocycles. The van der Waals surface area contributed by atoms with Crippen LogP contribution in [-0.4, -0.2) is 23.8 Å². The molecule has 2 aliphatic heterocycles. The lowest BCUT2D eigenvalue weighted by atomic mass is 9.79. The third kappa shape index (κ3) is 4.82. The number of nitrogens with zero attached hydrogens (tertiary/aromatic N) is 1. The molecular weight excluding hydrogens is 486 g/mol. The fourth-order valence-corrected chi connectivity index (χ4v) is 4.98. The molecule has 2 heterocycles. The van der Waals surface area contributed by atoms with Crippen molar-refractivity contribution >= 4 is 47.4 Å². The van der Waals surface area contributed by atoms with Gasteiger partial charge in [-0.15, -0.1) is 0 Å². The zero-order valence-corrected chi connectivity index (χ0v) is 20.8. The highest BCUT2D eigenvalue weighted by atomic mass is 35.5. The first-order valence-corrected chi connectivity index (χ1v) is 12.0. The van der Waals surface area contributed by atoms with Crippen LogP contribution in [0, 0.1) is 6.92 Å². The van der Waals surface area contributed by atoms with Crippen LogP contribution >= 0.6 is 23.2 Å². The number of rotatable bonds is 5. The number of halogens is 2. The lowest BCUT2D eigenvalue weighted by Gasteiger charge is -2.22. The second-order valence-corrected chi connectivity index (χ2v) is 9.98. The third-order valence-corrected chi connectivity index (χ3v) is 6.90. The number of hydrogen-bond acceptors (Lipinski definition) is 5. The maximum absolute atomic E-state index is 12.9. The molecule has 0 fully saturated rings. The topological polar surface area (TPSA) is 80.2 Å². The Hall–Kier alpha value is -2.84. The Morgan fingerprint density at radius 2 is 1.91 bits per heavy atom. The summed E-state index contributed by atoms with van der Waals surface area (Å²) < 4.78 is 5.23. The highest BCUT2D eigenvalue weighted by Crippen LogP contribution is 2.38. The molecule has 0 aliphatic carbocycles. The Labute approximate surface area is 214 Å². The molecule has 35 heavy (non-hydrogen) atoms. The Morgan fingerprint density at radius 3 is 2.66 bits per heavy atom. The van der Waals surface area contributed by atoms with Crippen LogP contribution in [0.25, 0.3) is 0 Å². The van der Waals surface area contributed by atoms with E-state index in [1.165, 1.54) is 0 Å². The van der Waals surface area contributed by atoms with Gasteiger partial charge >= 0.3 is 7.12 Å². The minimum absolute atomic E-state index is 0.172. The van der Waals surface area contributed by atoms with Gasteiger partial charge in [0.1, 0.15) is 0 Å².